The number of terminal acetylenes is 1. The predicted octanol–water partition coefficient (Wildman–Crippen LogP) is 1.64. The van der Waals surface area contributed by atoms with Gasteiger partial charge in [0.2, 0.25) is 0 Å². The Morgan fingerprint density at radius 1 is 1.58 bits per heavy atom. The van der Waals surface area contributed by atoms with Crippen molar-refractivity contribution in [2.24, 2.45) is 0 Å². The Morgan fingerprint density at radius 3 is 3.08 bits per heavy atom. The molecule has 1 aliphatic rings. The quantitative estimate of drug-likeness (QED) is 0.662. The Morgan fingerprint density at radius 2 is 2.42 bits per heavy atom. The highest BCUT2D eigenvalue weighted by atomic mass is 15.0. The molecular formula is C10H10N2. The summed E-state index contributed by atoms with van der Waals surface area (Å²) >= 11 is 0. The predicted molar refractivity (Wildman–Crippen MR) is 48.8 cm³/mol. The van der Waals surface area contributed by atoms with E-state index in [1.54, 1.807) is 6.20 Å². The fourth-order valence-electron chi connectivity index (χ4n) is 1.04. The second kappa shape index (κ2) is 2.86. The fourth-order valence-corrected chi connectivity index (χ4v) is 1.04. The Hall–Kier alpha value is -1.49. The van der Waals surface area contributed by atoms with Gasteiger partial charge in [0.15, 0.2) is 0 Å². The van der Waals surface area contributed by atoms with Gasteiger partial charge in [-0.05, 0) is 25.0 Å². The number of nitrogens with one attached hydrogen (secondary N) is 1. The zero-order valence-electron chi connectivity index (χ0n) is 6.75. The lowest BCUT2D eigenvalue weighted by Gasteiger charge is -2.02. The third kappa shape index (κ3) is 1.57. The minimum Gasteiger partial charge on any atom is -0.367 e. The lowest BCUT2D eigenvalue weighted by Crippen LogP contribution is -2.02. The molecule has 1 aliphatic carbocycles. The highest BCUT2D eigenvalue weighted by molar-refractivity contribution is 5.44. The molecule has 0 aliphatic heterocycles. The molecule has 0 aromatic carbocycles. The molecule has 2 nitrogen and oxygen atoms in total. The van der Waals surface area contributed by atoms with Crippen molar-refractivity contribution in [3.63, 3.8) is 0 Å². The molecular weight excluding hydrogens is 148 g/mol. The van der Waals surface area contributed by atoms with E-state index in [1.165, 1.54) is 12.8 Å². The van der Waals surface area contributed by atoms with Crippen molar-refractivity contribution in [3.8, 4) is 12.3 Å². The van der Waals surface area contributed by atoms with E-state index in [1.807, 2.05) is 12.1 Å². The van der Waals surface area contributed by atoms with Gasteiger partial charge in [-0.2, -0.15) is 0 Å². The zero-order valence-corrected chi connectivity index (χ0v) is 6.75. The van der Waals surface area contributed by atoms with E-state index < -0.39 is 0 Å². The molecule has 0 amide bonds. The topological polar surface area (TPSA) is 24.9 Å². The smallest absolute Gasteiger partial charge is 0.127 e. The van der Waals surface area contributed by atoms with Crippen LogP contribution in [0.4, 0.5) is 5.82 Å². The van der Waals surface area contributed by atoms with Crippen molar-refractivity contribution in [2.75, 3.05) is 5.32 Å². The first-order valence-electron chi connectivity index (χ1n) is 4.08. The van der Waals surface area contributed by atoms with Gasteiger partial charge in [0.1, 0.15) is 5.82 Å². The summed E-state index contributed by atoms with van der Waals surface area (Å²) in [6.07, 6.45) is 9.50. The first kappa shape index (κ1) is 7.17. The third-order valence-electron chi connectivity index (χ3n) is 1.86. The van der Waals surface area contributed by atoms with Gasteiger partial charge >= 0.3 is 0 Å². The molecule has 1 fully saturated rings. The lowest BCUT2D eigenvalue weighted by molar-refractivity contribution is 1.11. The Balaban J connectivity index is 2.15. The standard InChI is InChI=1S/C10H10N2/c1-2-8-5-6-11-10(7-8)12-9-3-4-9/h1,5-7,9H,3-4H2,(H,11,12). The van der Waals surface area contributed by atoms with E-state index in [9.17, 15) is 0 Å². The maximum Gasteiger partial charge on any atom is 0.127 e. The van der Waals surface area contributed by atoms with Crippen LogP contribution < -0.4 is 5.32 Å². The Kier molecular flexibility index (Phi) is 1.71. The number of pyridine rings is 1. The molecule has 1 N–H and O–H groups in total. The minimum atomic E-state index is 0.630. The summed E-state index contributed by atoms with van der Waals surface area (Å²) in [6.45, 7) is 0. The number of hydrogen-bond acceptors (Lipinski definition) is 2. The molecule has 1 aromatic heterocycles. The second-order valence-corrected chi connectivity index (χ2v) is 2.99. The normalized spacial score (nSPS) is 15.2. The molecule has 12 heavy (non-hydrogen) atoms. The average molecular weight is 158 g/mol. The summed E-state index contributed by atoms with van der Waals surface area (Å²) in [5, 5.41) is 3.28. The van der Waals surface area contributed by atoms with Crippen LogP contribution in [0, 0.1) is 12.3 Å². The summed E-state index contributed by atoms with van der Waals surface area (Å²) in [6, 6.07) is 4.36. The van der Waals surface area contributed by atoms with Crippen LogP contribution in [0.1, 0.15) is 18.4 Å². The third-order valence-corrected chi connectivity index (χ3v) is 1.86. The van der Waals surface area contributed by atoms with Crippen molar-refractivity contribution < 1.29 is 0 Å². The maximum absolute atomic E-state index is 5.26. The van der Waals surface area contributed by atoms with Crippen molar-refractivity contribution >= 4 is 5.82 Å². The SMILES string of the molecule is C#Cc1ccnc(NC2CC2)c1. The highest BCUT2D eigenvalue weighted by Crippen LogP contribution is 2.23. The van der Waals surface area contributed by atoms with E-state index >= 15 is 0 Å². The van der Waals surface area contributed by atoms with Gasteiger partial charge in [0.05, 0.1) is 0 Å². The van der Waals surface area contributed by atoms with Crippen LogP contribution in [0.5, 0.6) is 0 Å². The monoisotopic (exact) mass is 158 g/mol. The molecule has 0 saturated heterocycles. The van der Waals surface area contributed by atoms with Crippen LogP contribution in [-0.4, -0.2) is 11.0 Å². The average Bonchev–Trinajstić information content (AvgIpc) is 2.89. The zero-order chi connectivity index (χ0) is 8.39. The Labute approximate surface area is 72.0 Å². The van der Waals surface area contributed by atoms with Crippen LogP contribution in [0.2, 0.25) is 0 Å². The highest BCUT2D eigenvalue weighted by Gasteiger charge is 2.20. The van der Waals surface area contributed by atoms with E-state index in [2.05, 4.69) is 16.2 Å². The van der Waals surface area contributed by atoms with Crippen molar-refractivity contribution in [3.05, 3.63) is 23.9 Å². The molecule has 2 rings (SSSR count). The summed E-state index contributed by atoms with van der Waals surface area (Å²) < 4.78 is 0. The van der Waals surface area contributed by atoms with Gasteiger partial charge in [0.25, 0.3) is 0 Å². The summed E-state index contributed by atoms with van der Waals surface area (Å²) in [7, 11) is 0. The first-order valence-corrected chi connectivity index (χ1v) is 4.08. The van der Waals surface area contributed by atoms with Gasteiger partial charge in [0, 0.05) is 17.8 Å². The molecule has 0 radical (unpaired) electrons. The fraction of sp³-hybridized carbons (Fsp3) is 0.300. The maximum atomic E-state index is 5.26. The van der Waals surface area contributed by atoms with Gasteiger partial charge in [-0.3, -0.25) is 0 Å². The molecule has 0 unspecified atom stereocenters. The van der Waals surface area contributed by atoms with E-state index in [0.717, 1.165) is 11.4 Å². The second-order valence-electron chi connectivity index (χ2n) is 2.99. The number of hydrogen-bond donors (Lipinski definition) is 1. The van der Waals surface area contributed by atoms with Crippen molar-refractivity contribution in [2.45, 2.75) is 18.9 Å². The molecule has 0 atom stereocenters. The molecule has 0 spiro atoms. The largest absolute Gasteiger partial charge is 0.367 e. The van der Waals surface area contributed by atoms with Crippen LogP contribution in [0.15, 0.2) is 18.3 Å². The molecule has 1 saturated carbocycles. The summed E-state index contributed by atoms with van der Waals surface area (Å²) in [4.78, 5) is 4.16. The van der Waals surface area contributed by atoms with Crippen molar-refractivity contribution in [1.29, 1.82) is 0 Å². The lowest BCUT2D eigenvalue weighted by atomic mass is 10.3. The van der Waals surface area contributed by atoms with Gasteiger partial charge < -0.3 is 5.32 Å². The van der Waals surface area contributed by atoms with Crippen LogP contribution in [0.25, 0.3) is 0 Å². The van der Waals surface area contributed by atoms with E-state index in [4.69, 9.17) is 6.42 Å². The molecule has 1 aromatic rings. The van der Waals surface area contributed by atoms with Crippen LogP contribution >= 0.6 is 0 Å². The molecule has 60 valence electrons. The number of nitrogens with zero attached hydrogens (tertiary/aromatic N) is 1. The number of anilines is 1. The summed E-state index contributed by atoms with van der Waals surface area (Å²) in [5.41, 5.74) is 0.883. The molecule has 2 heteroatoms. The van der Waals surface area contributed by atoms with E-state index in [0.29, 0.717) is 6.04 Å². The van der Waals surface area contributed by atoms with Gasteiger partial charge in [-0.25, -0.2) is 4.98 Å². The summed E-state index contributed by atoms with van der Waals surface area (Å²) in [5.74, 6) is 3.48. The number of aromatic nitrogens is 1. The van der Waals surface area contributed by atoms with Crippen LogP contribution in [0.3, 0.4) is 0 Å². The first-order chi connectivity index (χ1) is 5.88. The molecule has 0 bridgehead atoms. The van der Waals surface area contributed by atoms with Gasteiger partial charge in [-0.1, -0.05) is 5.92 Å². The van der Waals surface area contributed by atoms with Crippen molar-refractivity contribution in [1.82, 2.24) is 4.98 Å². The Bertz CT molecular complexity index is 321. The van der Waals surface area contributed by atoms with Crippen LogP contribution in [-0.2, 0) is 0 Å². The number of rotatable bonds is 2. The minimum absolute atomic E-state index is 0.630. The van der Waals surface area contributed by atoms with Gasteiger partial charge in [-0.15, -0.1) is 6.42 Å². The molecule has 1 heterocycles. The van der Waals surface area contributed by atoms with E-state index in [-0.39, 0.29) is 0 Å².